The number of pyridine rings is 1. The number of aromatic nitrogens is 1. The molecule has 0 aliphatic carbocycles. The van der Waals surface area contributed by atoms with Crippen LogP contribution in [0.5, 0.6) is 11.6 Å². The van der Waals surface area contributed by atoms with Gasteiger partial charge in [-0.2, -0.15) is 0 Å². The fourth-order valence-corrected chi connectivity index (χ4v) is 5.00. The number of anilines is 1. The summed E-state index contributed by atoms with van der Waals surface area (Å²) in [6.07, 6.45) is 2.38. The predicted octanol–water partition coefficient (Wildman–Crippen LogP) is 2.73. The number of rotatable bonds is 8. The van der Waals surface area contributed by atoms with E-state index in [0.29, 0.717) is 11.4 Å². The Morgan fingerprint density at radius 1 is 1.08 bits per heavy atom. The van der Waals surface area contributed by atoms with Gasteiger partial charge in [0.05, 0.1) is 23.0 Å². The number of hydrogen-bond acceptors (Lipinski definition) is 7. The molecule has 0 atom stereocenters. The number of hydrogen-bond donors (Lipinski definition) is 1. The fourth-order valence-electron chi connectivity index (χ4n) is 1.81. The molecule has 7 nitrogen and oxygen atoms in total. The van der Waals surface area contributed by atoms with Crippen LogP contribution in [0.2, 0.25) is 0 Å². The number of sulfonamides is 1. The van der Waals surface area contributed by atoms with E-state index in [4.69, 9.17) is 4.74 Å². The van der Waals surface area contributed by atoms with Gasteiger partial charge in [0.1, 0.15) is 10.8 Å². The Morgan fingerprint density at radius 3 is 2.28 bits per heavy atom. The van der Waals surface area contributed by atoms with Crippen LogP contribution in [0.1, 0.15) is 6.92 Å². The Morgan fingerprint density at radius 2 is 1.76 bits per heavy atom. The van der Waals surface area contributed by atoms with Gasteiger partial charge in [-0.15, -0.1) is 11.8 Å². The fraction of sp³-hybridized carbons (Fsp3) is 0.267. The minimum Gasteiger partial charge on any atom is -0.439 e. The number of thioether (sulfide) groups is 1. The van der Waals surface area contributed by atoms with Crippen LogP contribution < -0.4 is 9.46 Å². The van der Waals surface area contributed by atoms with Crippen molar-refractivity contribution < 1.29 is 21.6 Å². The standard InChI is InChI=1S/C15H18N2O5S3/c1-3-23-11-25(20,21)14-7-5-13(6-8-14)22-15-9-4-12(10-16-15)17-24(2,18)19/h4-10,17H,3,11H2,1-2H3. The second kappa shape index (κ2) is 8.07. The van der Waals surface area contributed by atoms with E-state index in [9.17, 15) is 16.8 Å². The van der Waals surface area contributed by atoms with Crippen molar-refractivity contribution in [2.45, 2.75) is 11.8 Å². The Bertz CT molecular complexity index is 909. The predicted molar refractivity (Wildman–Crippen MR) is 99.4 cm³/mol. The molecular formula is C15H18N2O5S3. The molecule has 0 amide bonds. The highest BCUT2D eigenvalue weighted by Crippen LogP contribution is 2.24. The molecule has 0 saturated heterocycles. The number of ether oxygens (including phenoxy) is 1. The third-order valence-electron chi connectivity index (χ3n) is 2.89. The summed E-state index contributed by atoms with van der Waals surface area (Å²) in [6.45, 7) is 1.90. The molecule has 1 N–H and O–H groups in total. The van der Waals surface area contributed by atoms with Gasteiger partial charge in [-0.25, -0.2) is 21.8 Å². The van der Waals surface area contributed by atoms with Crippen molar-refractivity contribution >= 4 is 37.3 Å². The lowest BCUT2D eigenvalue weighted by Gasteiger charge is -2.08. The van der Waals surface area contributed by atoms with Gasteiger partial charge in [0.2, 0.25) is 15.9 Å². The minimum absolute atomic E-state index is 0.0417. The molecule has 25 heavy (non-hydrogen) atoms. The molecule has 0 unspecified atom stereocenters. The maximum atomic E-state index is 12.1. The topological polar surface area (TPSA) is 102 Å². The van der Waals surface area contributed by atoms with Crippen LogP contribution in [-0.4, -0.2) is 38.9 Å². The maximum absolute atomic E-state index is 12.1. The third-order valence-corrected chi connectivity index (χ3v) is 6.80. The molecule has 2 rings (SSSR count). The molecule has 10 heteroatoms. The van der Waals surface area contributed by atoms with E-state index in [1.54, 1.807) is 12.1 Å². The minimum atomic E-state index is -3.36. The zero-order valence-electron chi connectivity index (χ0n) is 13.7. The van der Waals surface area contributed by atoms with E-state index < -0.39 is 19.9 Å². The zero-order valence-corrected chi connectivity index (χ0v) is 16.1. The Kier molecular flexibility index (Phi) is 6.31. The molecular weight excluding hydrogens is 384 g/mol. The summed E-state index contributed by atoms with van der Waals surface area (Å²) in [5.41, 5.74) is 0.324. The van der Waals surface area contributed by atoms with E-state index in [1.807, 2.05) is 6.92 Å². The van der Waals surface area contributed by atoms with Crippen molar-refractivity contribution in [2.24, 2.45) is 0 Å². The van der Waals surface area contributed by atoms with Gasteiger partial charge >= 0.3 is 0 Å². The molecule has 0 saturated carbocycles. The average molecular weight is 403 g/mol. The molecule has 136 valence electrons. The number of benzene rings is 1. The lowest BCUT2D eigenvalue weighted by Crippen LogP contribution is -2.09. The number of nitrogens with zero attached hydrogens (tertiary/aromatic N) is 1. The number of sulfone groups is 1. The normalized spacial score (nSPS) is 11.9. The van der Waals surface area contributed by atoms with Gasteiger partial charge < -0.3 is 4.74 Å². The van der Waals surface area contributed by atoms with Crippen molar-refractivity contribution in [1.29, 1.82) is 0 Å². The largest absolute Gasteiger partial charge is 0.439 e. The maximum Gasteiger partial charge on any atom is 0.229 e. The van der Waals surface area contributed by atoms with Crippen LogP contribution >= 0.6 is 11.8 Å². The van der Waals surface area contributed by atoms with Crippen molar-refractivity contribution in [2.75, 3.05) is 21.8 Å². The summed E-state index contributed by atoms with van der Waals surface area (Å²) < 4.78 is 54.3. The van der Waals surface area contributed by atoms with E-state index >= 15 is 0 Å². The van der Waals surface area contributed by atoms with Gasteiger partial charge in [0, 0.05) is 6.07 Å². The smallest absolute Gasteiger partial charge is 0.229 e. The zero-order chi connectivity index (χ0) is 18.5. The Hall–Kier alpha value is -1.78. The molecule has 0 aliphatic heterocycles. The third kappa shape index (κ3) is 6.22. The first-order valence-electron chi connectivity index (χ1n) is 7.22. The second-order valence-electron chi connectivity index (χ2n) is 5.06. The Labute approximate surface area is 151 Å². The molecule has 0 fully saturated rings. The number of nitrogens with one attached hydrogen (secondary N) is 1. The van der Waals surface area contributed by atoms with Crippen LogP contribution in [0.25, 0.3) is 0 Å². The van der Waals surface area contributed by atoms with E-state index in [1.165, 1.54) is 42.2 Å². The highest BCUT2D eigenvalue weighted by Gasteiger charge is 2.14. The van der Waals surface area contributed by atoms with Crippen LogP contribution in [0.3, 0.4) is 0 Å². The molecule has 0 aliphatic rings. The monoisotopic (exact) mass is 402 g/mol. The van der Waals surface area contributed by atoms with Crippen molar-refractivity contribution in [3.05, 3.63) is 42.6 Å². The molecule has 1 aromatic carbocycles. The lowest BCUT2D eigenvalue weighted by molar-refractivity contribution is 0.462. The molecule has 1 heterocycles. The van der Waals surface area contributed by atoms with E-state index in [-0.39, 0.29) is 15.9 Å². The molecule has 2 aromatic rings. The van der Waals surface area contributed by atoms with Crippen molar-refractivity contribution in [3.8, 4) is 11.6 Å². The van der Waals surface area contributed by atoms with Gasteiger partial charge in [0.15, 0.2) is 9.84 Å². The summed E-state index contributed by atoms with van der Waals surface area (Å²) >= 11 is 1.34. The van der Waals surface area contributed by atoms with Crippen LogP contribution in [0, 0.1) is 0 Å². The molecule has 0 spiro atoms. The van der Waals surface area contributed by atoms with Crippen molar-refractivity contribution in [1.82, 2.24) is 4.98 Å². The summed E-state index contributed by atoms with van der Waals surface area (Å²) in [5, 5.41) is 0.0417. The summed E-state index contributed by atoms with van der Waals surface area (Å²) in [7, 11) is -6.67. The van der Waals surface area contributed by atoms with E-state index in [2.05, 4.69) is 9.71 Å². The van der Waals surface area contributed by atoms with Crippen LogP contribution in [-0.2, 0) is 19.9 Å². The van der Waals surface area contributed by atoms with Crippen molar-refractivity contribution in [3.63, 3.8) is 0 Å². The van der Waals surface area contributed by atoms with Gasteiger partial charge in [-0.3, -0.25) is 4.72 Å². The SMILES string of the molecule is CCSCS(=O)(=O)c1ccc(Oc2ccc(NS(C)(=O)=O)cn2)cc1. The second-order valence-corrected chi connectivity index (χ2v) is 10.4. The summed E-state index contributed by atoms with van der Waals surface area (Å²) in [4.78, 5) is 4.24. The summed E-state index contributed by atoms with van der Waals surface area (Å²) in [5.74, 6) is 1.42. The summed E-state index contributed by atoms with van der Waals surface area (Å²) in [6, 6.07) is 9.10. The van der Waals surface area contributed by atoms with Gasteiger partial charge in [0.25, 0.3) is 0 Å². The first-order chi connectivity index (χ1) is 11.7. The van der Waals surface area contributed by atoms with Gasteiger partial charge in [-0.1, -0.05) is 6.92 Å². The average Bonchev–Trinajstić information content (AvgIpc) is 2.54. The van der Waals surface area contributed by atoms with Crippen LogP contribution in [0.15, 0.2) is 47.5 Å². The highest BCUT2D eigenvalue weighted by atomic mass is 32.3. The van der Waals surface area contributed by atoms with E-state index in [0.717, 1.165) is 12.0 Å². The first kappa shape index (κ1) is 19.5. The quantitative estimate of drug-likeness (QED) is 0.724. The molecule has 0 radical (unpaired) electrons. The lowest BCUT2D eigenvalue weighted by atomic mass is 10.3. The molecule has 1 aromatic heterocycles. The molecule has 0 bridgehead atoms. The Balaban J connectivity index is 2.06. The first-order valence-corrected chi connectivity index (χ1v) is 11.9. The van der Waals surface area contributed by atoms with Crippen LogP contribution in [0.4, 0.5) is 5.69 Å². The van der Waals surface area contributed by atoms with Gasteiger partial charge in [-0.05, 0) is 36.1 Å². The highest BCUT2D eigenvalue weighted by molar-refractivity contribution is 8.12.